The highest BCUT2D eigenvalue weighted by atomic mass is 19.4. The summed E-state index contributed by atoms with van der Waals surface area (Å²) in [6.45, 7) is 0.493. The van der Waals surface area contributed by atoms with Crippen molar-refractivity contribution in [2.75, 3.05) is 18.1 Å². The maximum absolute atomic E-state index is 13.7. The lowest BCUT2D eigenvalue weighted by atomic mass is 10.2. The maximum atomic E-state index is 13.7. The van der Waals surface area contributed by atoms with Gasteiger partial charge < -0.3 is 10.1 Å². The Labute approximate surface area is 178 Å². The molecular formula is C20H15F4N5O3. The lowest BCUT2D eigenvalue weighted by Gasteiger charge is -2.14. The summed E-state index contributed by atoms with van der Waals surface area (Å²) in [6, 6.07) is 10.9. The van der Waals surface area contributed by atoms with Crippen molar-refractivity contribution >= 4 is 17.7 Å². The summed E-state index contributed by atoms with van der Waals surface area (Å²) in [5, 5.41) is 9.16. The Morgan fingerprint density at radius 1 is 1.12 bits per heavy atom. The number of ether oxygens (including phenoxy) is 1. The maximum Gasteiger partial charge on any atom is 0.435 e. The molecule has 2 amide bonds. The fraction of sp³-hybridized carbons (Fsp3) is 0.200. The quantitative estimate of drug-likeness (QED) is 0.604. The first kappa shape index (κ1) is 21.3. The fourth-order valence-corrected chi connectivity index (χ4v) is 3.21. The predicted molar refractivity (Wildman–Crippen MR) is 103 cm³/mol. The van der Waals surface area contributed by atoms with Gasteiger partial charge >= 0.3 is 12.3 Å². The normalized spacial score (nSPS) is 13.9. The van der Waals surface area contributed by atoms with Gasteiger partial charge in [-0.25, -0.2) is 13.9 Å². The van der Waals surface area contributed by atoms with E-state index in [9.17, 15) is 27.2 Å². The predicted octanol–water partition coefficient (Wildman–Crippen LogP) is 3.31. The Morgan fingerprint density at radius 2 is 1.88 bits per heavy atom. The molecule has 2 aromatic carbocycles. The molecule has 8 nitrogen and oxygen atoms in total. The van der Waals surface area contributed by atoms with Crippen LogP contribution in [0, 0.1) is 5.82 Å². The van der Waals surface area contributed by atoms with Gasteiger partial charge in [0.2, 0.25) is 0 Å². The Balaban J connectivity index is 1.56. The summed E-state index contributed by atoms with van der Waals surface area (Å²) in [7, 11) is 0. The van der Waals surface area contributed by atoms with Gasteiger partial charge in [-0.15, -0.1) is 5.10 Å². The molecule has 1 aliphatic heterocycles. The molecule has 0 atom stereocenters. The molecule has 1 fully saturated rings. The van der Waals surface area contributed by atoms with E-state index in [1.807, 2.05) is 0 Å². The molecule has 32 heavy (non-hydrogen) atoms. The summed E-state index contributed by atoms with van der Waals surface area (Å²) in [5.74, 6) is -1.87. The second-order valence-electron chi connectivity index (χ2n) is 6.79. The third-order valence-corrected chi connectivity index (χ3v) is 4.64. The van der Waals surface area contributed by atoms with E-state index in [4.69, 9.17) is 4.74 Å². The number of nitrogens with one attached hydrogen (secondary N) is 1. The summed E-state index contributed by atoms with van der Waals surface area (Å²) < 4.78 is 59.8. The smallest absolute Gasteiger partial charge is 0.435 e. The van der Waals surface area contributed by atoms with Crippen LogP contribution in [0.2, 0.25) is 0 Å². The highest BCUT2D eigenvalue weighted by Crippen LogP contribution is 2.33. The van der Waals surface area contributed by atoms with Crippen LogP contribution in [0.3, 0.4) is 0 Å². The van der Waals surface area contributed by atoms with Gasteiger partial charge in [-0.2, -0.15) is 13.2 Å². The van der Waals surface area contributed by atoms with Gasteiger partial charge in [-0.05, 0) is 35.9 Å². The van der Waals surface area contributed by atoms with Crippen LogP contribution in [0.25, 0.3) is 5.69 Å². The minimum absolute atomic E-state index is 0.125. The van der Waals surface area contributed by atoms with Crippen LogP contribution in [0.5, 0.6) is 0 Å². The summed E-state index contributed by atoms with van der Waals surface area (Å²) in [6.07, 6.45) is -5.48. The first-order chi connectivity index (χ1) is 15.2. The summed E-state index contributed by atoms with van der Waals surface area (Å²) in [5.41, 5.74) is -1.52. The molecule has 1 N–H and O–H groups in total. The summed E-state index contributed by atoms with van der Waals surface area (Å²) >= 11 is 0. The van der Waals surface area contributed by atoms with Crippen molar-refractivity contribution in [3.63, 3.8) is 0 Å². The Kier molecular flexibility index (Phi) is 5.51. The average molecular weight is 449 g/mol. The van der Waals surface area contributed by atoms with Crippen LogP contribution >= 0.6 is 0 Å². The standard InChI is InChI=1S/C20H15F4N5O3/c21-13-4-2-6-15(10-13)29-17(20(22,23)24)16(26-27-29)18(30)25-11-12-3-1-5-14(9-12)28-7-8-32-19(28)31/h1-6,9-10H,7-8,11H2,(H,25,30). The van der Waals surface area contributed by atoms with E-state index < -0.39 is 35.4 Å². The molecule has 0 spiro atoms. The monoisotopic (exact) mass is 449 g/mol. The number of anilines is 1. The van der Waals surface area contributed by atoms with E-state index in [1.54, 1.807) is 24.3 Å². The lowest BCUT2D eigenvalue weighted by Crippen LogP contribution is -2.27. The summed E-state index contributed by atoms with van der Waals surface area (Å²) in [4.78, 5) is 25.6. The second kappa shape index (κ2) is 8.29. The number of aromatic nitrogens is 3. The molecule has 3 aromatic rings. The van der Waals surface area contributed by atoms with E-state index in [-0.39, 0.29) is 18.8 Å². The topological polar surface area (TPSA) is 89.3 Å². The van der Waals surface area contributed by atoms with Crippen molar-refractivity contribution in [2.24, 2.45) is 0 Å². The number of alkyl halides is 3. The van der Waals surface area contributed by atoms with E-state index in [1.165, 1.54) is 17.0 Å². The third-order valence-electron chi connectivity index (χ3n) is 4.64. The SMILES string of the molecule is O=C(NCc1cccc(N2CCOC2=O)c1)c1nnn(-c2cccc(F)c2)c1C(F)(F)F. The molecule has 0 radical (unpaired) electrons. The molecular weight excluding hydrogens is 434 g/mol. The van der Waals surface area contributed by atoms with Gasteiger partial charge in [0.05, 0.1) is 12.2 Å². The molecule has 2 heterocycles. The minimum Gasteiger partial charge on any atom is -0.447 e. The zero-order valence-corrected chi connectivity index (χ0v) is 16.3. The molecule has 166 valence electrons. The van der Waals surface area contributed by atoms with Gasteiger partial charge in [0, 0.05) is 12.2 Å². The van der Waals surface area contributed by atoms with E-state index in [2.05, 4.69) is 15.6 Å². The number of cyclic esters (lactones) is 1. The number of rotatable bonds is 5. The lowest BCUT2D eigenvalue weighted by molar-refractivity contribution is -0.143. The van der Waals surface area contributed by atoms with Crippen molar-refractivity contribution in [2.45, 2.75) is 12.7 Å². The van der Waals surface area contributed by atoms with Crippen molar-refractivity contribution in [3.8, 4) is 5.69 Å². The largest absolute Gasteiger partial charge is 0.447 e. The average Bonchev–Trinajstić information content (AvgIpc) is 3.39. The number of hydrogen-bond donors (Lipinski definition) is 1. The van der Waals surface area contributed by atoms with Crippen LogP contribution in [0.15, 0.2) is 48.5 Å². The number of nitrogens with zero attached hydrogens (tertiary/aromatic N) is 4. The first-order valence-electron chi connectivity index (χ1n) is 9.34. The Hall–Kier alpha value is -3.96. The van der Waals surface area contributed by atoms with Gasteiger partial charge in [0.1, 0.15) is 12.4 Å². The van der Waals surface area contributed by atoms with Crippen molar-refractivity contribution < 1.29 is 31.9 Å². The molecule has 1 aromatic heterocycles. The third kappa shape index (κ3) is 4.24. The number of carbonyl (C=O) groups excluding carboxylic acids is 2. The van der Waals surface area contributed by atoms with Crippen LogP contribution < -0.4 is 10.2 Å². The fourth-order valence-electron chi connectivity index (χ4n) is 3.21. The Bertz CT molecular complexity index is 1180. The number of benzene rings is 2. The van der Waals surface area contributed by atoms with Gasteiger partial charge in [0.25, 0.3) is 5.91 Å². The van der Waals surface area contributed by atoms with E-state index >= 15 is 0 Å². The number of halogens is 4. The highest BCUT2D eigenvalue weighted by Gasteiger charge is 2.42. The Morgan fingerprint density at radius 3 is 2.56 bits per heavy atom. The minimum atomic E-state index is -4.97. The molecule has 0 aliphatic carbocycles. The molecule has 0 unspecified atom stereocenters. The van der Waals surface area contributed by atoms with Crippen LogP contribution in [0.1, 0.15) is 21.7 Å². The molecule has 0 bridgehead atoms. The van der Waals surface area contributed by atoms with E-state index in [0.29, 0.717) is 22.5 Å². The van der Waals surface area contributed by atoms with Gasteiger partial charge in [-0.3, -0.25) is 9.69 Å². The van der Waals surface area contributed by atoms with Crippen LogP contribution in [-0.4, -0.2) is 40.1 Å². The molecule has 1 aliphatic rings. The zero-order valence-electron chi connectivity index (χ0n) is 16.3. The molecule has 12 heteroatoms. The highest BCUT2D eigenvalue weighted by molar-refractivity contribution is 5.93. The molecule has 0 saturated carbocycles. The van der Waals surface area contributed by atoms with Gasteiger partial charge in [0.15, 0.2) is 11.4 Å². The second-order valence-corrected chi connectivity index (χ2v) is 6.79. The molecule has 4 rings (SSSR count). The van der Waals surface area contributed by atoms with Crippen molar-refractivity contribution in [3.05, 3.63) is 71.3 Å². The first-order valence-corrected chi connectivity index (χ1v) is 9.34. The number of hydrogen-bond acceptors (Lipinski definition) is 5. The van der Waals surface area contributed by atoms with Crippen LogP contribution in [0.4, 0.5) is 28.0 Å². The van der Waals surface area contributed by atoms with Gasteiger partial charge in [-0.1, -0.05) is 23.4 Å². The van der Waals surface area contributed by atoms with Crippen molar-refractivity contribution in [1.82, 2.24) is 20.3 Å². The number of carbonyl (C=O) groups is 2. The zero-order chi connectivity index (χ0) is 22.9. The number of amides is 2. The van der Waals surface area contributed by atoms with Crippen LogP contribution in [-0.2, 0) is 17.5 Å². The van der Waals surface area contributed by atoms with E-state index in [0.717, 1.165) is 12.1 Å². The molecule has 1 saturated heterocycles. The van der Waals surface area contributed by atoms with Crippen molar-refractivity contribution in [1.29, 1.82) is 0 Å².